The number of benzene rings is 2. The van der Waals surface area contributed by atoms with Gasteiger partial charge in [-0.15, -0.1) is 10.2 Å². The van der Waals surface area contributed by atoms with Gasteiger partial charge in [-0.1, -0.05) is 56.8 Å². The Bertz CT molecular complexity index is 1120. The minimum atomic E-state index is -0.295. The van der Waals surface area contributed by atoms with E-state index in [1.165, 1.54) is 35.7 Å². The average Bonchev–Trinajstić information content (AvgIpc) is 3.17. The SMILES string of the molecule is CCn1c(SCC(=O)N/N=C\c2ccc(O)c(O)c2)nnc1-c1ccc(C(C)(C)C)cc1. The number of thioether (sulfide) groups is 1. The second kappa shape index (κ2) is 9.86. The van der Waals surface area contributed by atoms with Crippen LogP contribution in [0.2, 0.25) is 0 Å². The first-order valence-corrected chi connectivity index (χ1v) is 11.2. The van der Waals surface area contributed by atoms with Crippen LogP contribution in [0.4, 0.5) is 0 Å². The summed E-state index contributed by atoms with van der Waals surface area (Å²) in [5, 5.41) is 31.9. The molecule has 0 aliphatic heterocycles. The van der Waals surface area contributed by atoms with Crippen LogP contribution in [0.25, 0.3) is 11.4 Å². The lowest BCUT2D eigenvalue weighted by molar-refractivity contribution is -0.118. The molecule has 0 fully saturated rings. The molecule has 1 aromatic heterocycles. The van der Waals surface area contributed by atoms with Gasteiger partial charge < -0.3 is 14.8 Å². The second-order valence-electron chi connectivity index (χ2n) is 8.21. The van der Waals surface area contributed by atoms with E-state index in [4.69, 9.17) is 0 Å². The van der Waals surface area contributed by atoms with Crippen LogP contribution >= 0.6 is 11.8 Å². The number of hydrogen-bond donors (Lipinski definition) is 3. The molecule has 0 radical (unpaired) electrons. The summed E-state index contributed by atoms with van der Waals surface area (Å²) < 4.78 is 1.98. The first kappa shape index (κ1) is 23.3. The van der Waals surface area contributed by atoms with Crippen molar-refractivity contribution in [2.75, 3.05) is 5.75 Å². The lowest BCUT2D eigenvalue weighted by atomic mass is 9.87. The highest BCUT2D eigenvalue weighted by Crippen LogP contribution is 2.28. The summed E-state index contributed by atoms with van der Waals surface area (Å²) in [6, 6.07) is 12.6. The topological polar surface area (TPSA) is 113 Å². The van der Waals surface area contributed by atoms with Crippen molar-refractivity contribution >= 4 is 23.9 Å². The van der Waals surface area contributed by atoms with Crippen LogP contribution in [-0.4, -0.2) is 42.9 Å². The number of nitrogens with one attached hydrogen (secondary N) is 1. The molecule has 0 spiro atoms. The van der Waals surface area contributed by atoms with Gasteiger partial charge in [0.15, 0.2) is 22.5 Å². The van der Waals surface area contributed by atoms with Gasteiger partial charge in [-0.3, -0.25) is 4.79 Å². The number of aromatic nitrogens is 3. The van der Waals surface area contributed by atoms with E-state index in [1.807, 2.05) is 23.6 Å². The number of carbonyl (C=O) groups is 1. The second-order valence-corrected chi connectivity index (χ2v) is 9.15. The van der Waals surface area contributed by atoms with Crippen molar-refractivity contribution in [1.82, 2.24) is 20.2 Å². The smallest absolute Gasteiger partial charge is 0.250 e. The van der Waals surface area contributed by atoms with Gasteiger partial charge >= 0.3 is 0 Å². The van der Waals surface area contributed by atoms with Gasteiger partial charge in [-0.25, -0.2) is 5.43 Å². The summed E-state index contributed by atoms with van der Waals surface area (Å²) in [6.07, 6.45) is 1.38. The Morgan fingerprint density at radius 1 is 1.12 bits per heavy atom. The largest absolute Gasteiger partial charge is 0.504 e. The highest BCUT2D eigenvalue weighted by Gasteiger charge is 2.17. The predicted molar refractivity (Wildman–Crippen MR) is 126 cm³/mol. The van der Waals surface area contributed by atoms with Gasteiger partial charge in [-0.2, -0.15) is 5.10 Å². The van der Waals surface area contributed by atoms with Crippen LogP contribution in [0.1, 0.15) is 38.8 Å². The summed E-state index contributed by atoms with van der Waals surface area (Å²) in [5.41, 5.74) is 5.29. The van der Waals surface area contributed by atoms with Gasteiger partial charge in [-0.05, 0) is 41.7 Å². The Morgan fingerprint density at radius 3 is 2.47 bits per heavy atom. The van der Waals surface area contributed by atoms with Crippen LogP contribution in [0.5, 0.6) is 11.5 Å². The average molecular weight is 454 g/mol. The molecule has 0 aliphatic rings. The lowest BCUT2D eigenvalue weighted by Crippen LogP contribution is -2.20. The van der Waals surface area contributed by atoms with Crippen molar-refractivity contribution in [1.29, 1.82) is 0 Å². The highest BCUT2D eigenvalue weighted by molar-refractivity contribution is 7.99. The minimum absolute atomic E-state index is 0.0798. The minimum Gasteiger partial charge on any atom is -0.504 e. The molecule has 32 heavy (non-hydrogen) atoms. The fourth-order valence-corrected chi connectivity index (χ4v) is 3.77. The van der Waals surface area contributed by atoms with Crippen LogP contribution in [0, 0.1) is 0 Å². The number of phenolic OH excluding ortho intramolecular Hbond substituents is 2. The molecule has 0 bridgehead atoms. The Morgan fingerprint density at radius 2 is 1.84 bits per heavy atom. The van der Waals surface area contributed by atoms with Crippen LogP contribution < -0.4 is 5.43 Å². The molecule has 9 heteroatoms. The number of amides is 1. The Balaban J connectivity index is 1.62. The molecular formula is C23H27N5O3S. The molecule has 8 nitrogen and oxygen atoms in total. The van der Waals surface area contributed by atoms with Gasteiger partial charge in [0.2, 0.25) is 0 Å². The summed E-state index contributed by atoms with van der Waals surface area (Å²) in [7, 11) is 0. The third-order valence-corrected chi connectivity index (χ3v) is 5.74. The zero-order valence-corrected chi connectivity index (χ0v) is 19.3. The standard InChI is InChI=1S/C23H27N5O3S/c1-5-28-21(16-7-9-17(10-8-16)23(2,3)4)26-27-22(28)32-14-20(31)25-24-13-15-6-11-18(29)19(30)12-15/h6-13,29-30H,5,14H2,1-4H3,(H,25,31)/b24-13-. The zero-order valence-electron chi connectivity index (χ0n) is 18.5. The van der Waals surface area contributed by atoms with E-state index < -0.39 is 0 Å². The maximum atomic E-state index is 12.1. The van der Waals surface area contributed by atoms with Gasteiger partial charge in [0.25, 0.3) is 5.91 Å². The highest BCUT2D eigenvalue weighted by atomic mass is 32.2. The zero-order chi connectivity index (χ0) is 23.3. The maximum absolute atomic E-state index is 12.1. The molecule has 1 heterocycles. The molecular weight excluding hydrogens is 426 g/mol. The first-order valence-electron chi connectivity index (χ1n) is 10.2. The Labute approximate surface area is 191 Å². The first-order chi connectivity index (χ1) is 15.2. The van der Waals surface area contributed by atoms with E-state index in [0.29, 0.717) is 17.3 Å². The van der Waals surface area contributed by atoms with Crippen molar-refractivity contribution in [3.05, 3.63) is 53.6 Å². The van der Waals surface area contributed by atoms with Crippen LogP contribution in [-0.2, 0) is 16.8 Å². The maximum Gasteiger partial charge on any atom is 0.250 e. The Kier molecular flexibility index (Phi) is 7.19. The van der Waals surface area contributed by atoms with E-state index in [0.717, 1.165) is 11.4 Å². The number of aromatic hydroxyl groups is 2. The molecule has 3 N–H and O–H groups in total. The molecule has 0 atom stereocenters. The monoisotopic (exact) mass is 453 g/mol. The lowest BCUT2D eigenvalue weighted by Gasteiger charge is -2.19. The summed E-state index contributed by atoms with van der Waals surface area (Å²) in [6.45, 7) is 9.21. The number of phenols is 2. The van der Waals surface area contributed by atoms with Crippen molar-refractivity contribution in [2.24, 2.45) is 5.10 Å². The molecule has 3 aromatic rings. The molecule has 0 aliphatic carbocycles. The van der Waals surface area contributed by atoms with E-state index >= 15 is 0 Å². The summed E-state index contributed by atoms with van der Waals surface area (Å²) >= 11 is 1.28. The van der Waals surface area contributed by atoms with Crippen molar-refractivity contribution in [2.45, 2.75) is 44.8 Å². The third kappa shape index (κ3) is 5.67. The molecule has 0 saturated heterocycles. The van der Waals surface area contributed by atoms with E-state index in [9.17, 15) is 15.0 Å². The molecule has 0 saturated carbocycles. The van der Waals surface area contributed by atoms with E-state index in [2.05, 4.69) is 53.6 Å². The normalized spacial score (nSPS) is 11.8. The fraction of sp³-hybridized carbons (Fsp3) is 0.304. The van der Waals surface area contributed by atoms with Crippen molar-refractivity contribution in [3.63, 3.8) is 0 Å². The predicted octanol–water partition coefficient (Wildman–Crippen LogP) is 3.92. The fourth-order valence-electron chi connectivity index (χ4n) is 2.98. The molecule has 1 amide bonds. The Hall–Kier alpha value is -3.33. The van der Waals surface area contributed by atoms with E-state index in [-0.39, 0.29) is 28.6 Å². The molecule has 2 aromatic carbocycles. The number of hydrazone groups is 1. The van der Waals surface area contributed by atoms with Crippen LogP contribution in [0.15, 0.2) is 52.7 Å². The van der Waals surface area contributed by atoms with Gasteiger partial charge in [0.1, 0.15) is 0 Å². The molecule has 0 unspecified atom stereocenters. The summed E-state index contributed by atoms with van der Waals surface area (Å²) in [5.74, 6) is 0.127. The number of rotatable bonds is 7. The van der Waals surface area contributed by atoms with Crippen LogP contribution in [0.3, 0.4) is 0 Å². The van der Waals surface area contributed by atoms with Crippen molar-refractivity contribution in [3.8, 4) is 22.9 Å². The third-order valence-electron chi connectivity index (χ3n) is 4.78. The van der Waals surface area contributed by atoms with Crippen molar-refractivity contribution < 1.29 is 15.0 Å². The quantitative estimate of drug-likeness (QED) is 0.216. The number of nitrogens with zero attached hydrogens (tertiary/aromatic N) is 4. The van der Waals surface area contributed by atoms with Gasteiger partial charge in [0.05, 0.1) is 12.0 Å². The van der Waals surface area contributed by atoms with E-state index in [1.54, 1.807) is 6.07 Å². The number of hydrogen-bond acceptors (Lipinski definition) is 7. The summed E-state index contributed by atoms with van der Waals surface area (Å²) in [4.78, 5) is 12.1. The number of carbonyl (C=O) groups excluding carboxylic acids is 1. The molecule has 168 valence electrons. The molecule has 3 rings (SSSR count). The van der Waals surface area contributed by atoms with Gasteiger partial charge in [0, 0.05) is 12.1 Å².